The zero-order valence-corrected chi connectivity index (χ0v) is 8.63. The molecule has 0 aromatic rings. The molecule has 0 spiro atoms. The molecular weight excluding hydrogens is 150 g/mol. The second kappa shape index (κ2) is 5.18. The lowest BCUT2D eigenvalue weighted by molar-refractivity contribution is -0.123. The summed E-state index contributed by atoms with van der Waals surface area (Å²) in [6.45, 7) is 8.41. The van der Waals surface area contributed by atoms with Crippen molar-refractivity contribution in [2.45, 2.75) is 40.5 Å². The number of carbonyl (C=O) groups excluding carboxylic acids is 1. The Balaban J connectivity index is 4.05. The van der Waals surface area contributed by atoms with Gasteiger partial charge in [0.1, 0.15) is 0 Å². The van der Waals surface area contributed by atoms with Crippen LogP contribution in [0.5, 0.6) is 0 Å². The summed E-state index contributed by atoms with van der Waals surface area (Å²) in [7, 11) is 0. The van der Waals surface area contributed by atoms with E-state index in [0.29, 0.717) is 11.8 Å². The predicted molar refractivity (Wildman–Crippen MR) is 51.6 cm³/mol. The molecule has 0 rings (SSSR count). The monoisotopic (exact) mass is 171 g/mol. The average molecular weight is 171 g/mol. The van der Waals surface area contributed by atoms with E-state index < -0.39 is 0 Å². The molecule has 1 amide bonds. The molecule has 12 heavy (non-hydrogen) atoms. The van der Waals surface area contributed by atoms with Gasteiger partial charge in [-0.1, -0.05) is 34.1 Å². The normalized spacial score (nSPS) is 16.1. The number of primary amides is 1. The van der Waals surface area contributed by atoms with Gasteiger partial charge in [-0.15, -0.1) is 0 Å². The second-order valence-corrected chi connectivity index (χ2v) is 4.00. The molecule has 0 radical (unpaired) electrons. The largest absolute Gasteiger partial charge is 0.369 e. The van der Waals surface area contributed by atoms with E-state index in [1.807, 2.05) is 0 Å². The zero-order chi connectivity index (χ0) is 9.72. The lowest BCUT2D eigenvalue weighted by atomic mass is 9.85. The van der Waals surface area contributed by atoms with Crippen molar-refractivity contribution in [3.8, 4) is 0 Å². The standard InChI is InChI=1S/C10H21NO/c1-5-8(4)6-9(7(2)3)10(11)12/h7-9H,5-6H2,1-4H3,(H2,11,12). The molecule has 0 bridgehead atoms. The van der Waals surface area contributed by atoms with Gasteiger partial charge in [0.2, 0.25) is 5.91 Å². The van der Waals surface area contributed by atoms with E-state index in [9.17, 15) is 4.79 Å². The SMILES string of the molecule is CCC(C)CC(C(N)=O)C(C)C. The first-order chi connectivity index (χ1) is 5.49. The van der Waals surface area contributed by atoms with Crippen molar-refractivity contribution < 1.29 is 4.79 Å². The molecule has 2 heteroatoms. The first-order valence-corrected chi connectivity index (χ1v) is 4.78. The maximum absolute atomic E-state index is 11.0. The van der Waals surface area contributed by atoms with Gasteiger partial charge >= 0.3 is 0 Å². The lowest BCUT2D eigenvalue weighted by Gasteiger charge is -2.20. The first-order valence-electron chi connectivity index (χ1n) is 4.78. The topological polar surface area (TPSA) is 43.1 Å². The third-order valence-electron chi connectivity index (χ3n) is 2.52. The number of hydrogen-bond donors (Lipinski definition) is 1. The molecule has 0 aromatic carbocycles. The van der Waals surface area contributed by atoms with Crippen LogP contribution in [0.4, 0.5) is 0 Å². The number of carbonyl (C=O) groups is 1. The van der Waals surface area contributed by atoms with E-state index in [1.165, 1.54) is 0 Å². The fraction of sp³-hybridized carbons (Fsp3) is 0.900. The van der Waals surface area contributed by atoms with Crippen molar-refractivity contribution >= 4 is 5.91 Å². The van der Waals surface area contributed by atoms with Crippen LogP contribution in [-0.4, -0.2) is 5.91 Å². The van der Waals surface area contributed by atoms with Gasteiger partial charge < -0.3 is 5.73 Å². The third kappa shape index (κ3) is 3.74. The Morgan fingerprint density at radius 3 is 2.08 bits per heavy atom. The number of rotatable bonds is 5. The van der Waals surface area contributed by atoms with E-state index in [-0.39, 0.29) is 11.8 Å². The van der Waals surface area contributed by atoms with Gasteiger partial charge in [-0.25, -0.2) is 0 Å². The highest BCUT2D eigenvalue weighted by atomic mass is 16.1. The van der Waals surface area contributed by atoms with Crippen LogP contribution in [0, 0.1) is 17.8 Å². The molecule has 2 unspecified atom stereocenters. The minimum Gasteiger partial charge on any atom is -0.369 e. The van der Waals surface area contributed by atoms with Crippen LogP contribution in [0.2, 0.25) is 0 Å². The summed E-state index contributed by atoms with van der Waals surface area (Å²) in [6.07, 6.45) is 2.06. The Hall–Kier alpha value is -0.530. The molecule has 0 aromatic heterocycles. The van der Waals surface area contributed by atoms with Gasteiger partial charge in [-0.3, -0.25) is 4.79 Å². The summed E-state index contributed by atoms with van der Waals surface area (Å²) in [6, 6.07) is 0. The van der Waals surface area contributed by atoms with E-state index in [1.54, 1.807) is 0 Å². The van der Waals surface area contributed by atoms with Gasteiger partial charge in [0.15, 0.2) is 0 Å². The Morgan fingerprint density at radius 2 is 1.83 bits per heavy atom. The molecule has 2 atom stereocenters. The molecule has 2 nitrogen and oxygen atoms in total. The van der Waals surface area contributed by atoms with Crippen molar-refractivity contribution in [2.24, 2.45) is 23.5 Å². The highest BCUT2D eigenvalue weighted by Crippen LogP contribution is 2.21. The summed E-state index contributed by atoms with van der Waals surface area (Å²) < 4.78 is 0. The molecule has 2 N–H and O–H groups in total. The summed E-state index contributed by atoms with van der Waals surface area (Å²) in [5.41, 5.74) is 5.30. The molecule has 72 valence electrons. The number of nitrogens with two attached hydrogens (primary N) is 1. The Labute approximate surface area is 75.5 Å². The summed E-state index contributed by atoms with van der Waals surface area (Å²) in [5, 5.41) is 0. The quantitative estimate of drug-likeness (QED) is 0.677. The average Bonchev–Trinajstić information content (AvgIpc) is 1.98. The van der Waals surface area contributed by atoms with Crippen molar-refractivity contribution in [2.75, 3.05) is 0 Å². The van der Waals surface area contributed by atoms with Crippen molar-refractivity contribution in [3.63, 3.8) is 0 Å². The molecular formula is C10H21NO. The van der Waals surface area contributed by atoms with Crippen LogP contribution in [-0.2, 0) is 4.79 Å². The number of hydrogen-bond acceptors (Lipinski definition) is 1. The highest BCUT2D eigenvalue weighted by Gasteiger charge is 2.20. The Bertz CT molecular complexity index is 143. The van der Waals surface area contributed by atoms with E-state index >= 15 is 0 Å². The molecule has 0 saturated heterocycles. The molecule has 0 fully saturated rings. The Kier molecular flexibility index (Phi) is 4.95. The molecule has 0 aliphatic carbocycles. The predicted octanol–water partition coefficient (Wildman–Crippen LogP) is 2.18. The third-order valence-corrected chi connectivity index (χ3v) is 2.52. The van der Waals surface area contributed by atoms with Crippen LogP contribution in [0.25, 0.3) is 0 Å². The van der Waals surface area contributed by atoms with Crippen molar-refractivity contribution in [3.05, 3.63) is 0 Å². The molecule has 0 aliphatic rings. The fourth-order valence-electron chi connectivity index (χ4n) is 1.32. The molecule has 0 heterocycles. The smallest absolute Gasteiger partial charge is 0.220 e. The van der Waals surface area contributed by atoms with Crippen molar-refractivity contribution in [1.29, 1.82) is 0 Å². The minimum atomic E-state index is -0.148. The second-order valence-electron chi connectivity index (χ2n) is 4.00. The first kappa shape index (κ1) is 11.5. The maximum atomic E-state index is 11.0. The number of amides is 1. The summed E-state index contributed by atoms with van der Waals surface area (Å²) in [4.78, 5) is 11.0. The van der Waals surface area contributed by atoms with Crippen molar-refractivity contribution in [1.82, 2.24) is 0 Å². The van der Waals surface area contributed by atoms with E-state index in [0.717, 1.165) is 12.8 Å². The van der Waals surface area contributed by atoms with Crippen LogP contribution in [0.15, 0.2) is 0 Å². The summed E-state index contributed by atoms with van der Waals surface area (Å²) >= 11 is 0. The van der Waals surface area contributed by atoms with Crippen LogP contribution in [0.3, 0.4) is 0 Å². The minimum absolute atomic E-state index is 0.0555. The highest BCUT2D eigenvalue weighted by molar-refractivity contribution is 5.76. The van der Waals surface area contributed by atoms with Gasteiger partial charge in [0.05, 0.1) is 0 Å². The van der Waals surface area contributed by atoms with Gasteiger partial charge in [-0.05, 0) is 18.3 Å². The van der Waals surface area contributed by atoms with Gasteiger partial charge in [0.25, 0.3) is 0 Å². The Morgan fingerprint density at radius 1 is 1.33 bits per heavy atom. The van der Waals surface area contributed by atoms with E-state index in [2.05, 4.69) is 27.7 Å². The molecule has 0 aliphatic heterocycles. The van der Waals surface area contributed by atoms with Gasteiger partial charge in [0, 0.05) is 5.92 Å². The summed E-state index contributed by atoms with van der Waals surface area (Å²) in [5.74, 6) is 0.881. The molecule has 0 saturated carbocycles. The van der Waals surface area contributed by atoms with Crippen LogP contribution >= 0.6 is 0 Å². The fourth-order valence-corrected chi connectivity index (χ4v) is 1.32. The van der Waals surface area contributed by atoms with Crippen LogP contribution < -0.4 is 5.73 Å². The maximum Gasteiger partial charge on any atom is 0.220 e. The van der Waals surface area contributed by atoms with E-state index in [4.69, 9.17) is 5.73 Å². The van der Waals surface area contributed by atoms with Gasteiger partial charge in [-0.2, -0.15) is 0 Å². The van der Waals surface area contributed by atoms with Crippen LogP contribution in [0.1, 0.15) is 40.5 Å². The lowest BCUT2D eigenvalue weighted by Crippen LogP contribution is -2.28. The zero-order valence-electron chi connectivity index (χ0n) is 8.63.